The molecule has 5 nitrogen and oxygen atoms in total. The minimum Gasteiger partial charge on any atom is -0.398 e. The number of halogens is 2. The first kappa shape index (κ1) is 13.8. The predicted octanol–water partition coefficient (Wildman–Crippen LogP) is 2.37. The van der Waals surface area contributed by atoms with Gasteiger partial charge in [0, 0.05) is 6.20 Å². The summed E-state index contributed by atoms with van der Waals surface area (Å²) in [6, 6.07) is 5.19. The molecule has 100 valence electrons. The number of nitrogens with zero attached hydrogens (tertiary/aromatic N) is 1. The molecule has 0 aliphatic rings. The van der Waals surface area contributed by atoms with Crippen molar-refractivity contribution in [3.63, 3.8) is 0 Å². The van der Waals surface area contributed by atoms with E-state index in [9.17, 15) is 12.8 Å². The van der Waals surface area contributed by atoms with Crippen LogP contribution < -0.4 is 10.5 Å². The molecule has 0 radical (unpaired) electrons. The Morgan fingerprint density at radius 1 is 1.37 bits per heavy atom. The number of hydrogen-bond acceptors (Lipinski definition) is 4. The van der Waals surface area contributed by atoms with E-state index in [4.69, 9.17) is 5.73 Å². The second-order valence-electron chi connectivity index (χ2n) is 3.65. The van der Waals surface area contributed by atoms with E-state index < -0.39 is 15.8 Å². The third-order valence-electron chi connectivity index (χ3n) is 2.26. The van der Waals surface area contributed by atoms with Crippen LogP contribution in [0, 0.1) is 5.82 Å². The van der Waals surface area contributed by atoms with Gasteiger partial charge in [0.2, 0.25) is 0 Å². The Bertz CT molecular complexity index is 707. The fraction of sp³-hybridized carbons (Fsp3) is 0. The van der Waals surface area contributed by atoms with Crippen molar-refractivity contribution in [3.8, 4) is 0 Å². The highest BCUT2D eigenvalue weighted by atomic mass is 79.9. The van der Waals surface area contributed by atoms with Gasteiger partial charge in [-0.05, 0) is 40.2 Å². The van der Waals surface area contributed by atoms with Gasteiger partial charge < -0.3 is 5.73 Å². The number of hydrogen-bond donors (Lipinski definition) is 2. The third kappa shape index (κ3) is 3.02. The van der Waals surface area contributed by atoms with Gasteiger partial charge >= 0.3 is 0 Å². The molecular weight excluding hydrogens is 337 g/mol. The van der Waals surface area contributed by atoms with Crippen LogP contribution in [0.2, 0.25) is 0 Å². The average Bonchev–Trinajstić information content (AvgIpc) is 2.34. The molecule has 1 aromatic carbocycles. The van der Waals surface area contributed by atoms with Crippen molar-refractivity contribution >= 4 is 37.3 Å². The largest absolute Gasteiger partial charge is 0.398 e. The van der Waals surface area contributed by atoms with Gasteiger partial charge in [-0.2, -0.15) is 0 Å². The quantitative estimate of drug-likeness (QED) is 0.836. The molecule has 0 atom stereocenters. The standard InChI is InChI=1S/C11H9BrFN3O2S/c12-8-4-11(10(14)5-9(8)13)19(17,18)16-7-2-1-3-15-6-7/h1-6,16H,14H2. The molecule has 0 spiro atoms. The summed E-state index contributed by atoms with van der Waals surface area (Å²) in [5.41, 5.74) is 5.66. The van der Waals surface area contributed by atoms with E-state index in [1.54, 1.807) is 12.1 Å². The van der Waals surface area contributed by atoms with E-state index in [0.717, 1.165) is 12.1 Å². The first-order valence-electron chi connectivity index (χ1n) is 5.07. The molecule has 0 saturated carbocycles. The van der Waals surface area contributed by atoms with Crippen LogP contribution in [0.25, 0.3) is 0 Å². The number of nitrogens with one attached hydrogen (secondary N) is 1. The van der Waals surface area contributed by atoms with E-state index in [1.165, 1.54) is 12.4 Å². The summed E-state index contributed by atoms with van der Waals surface area (Å²) in [5, 5.41) is 0. The Balaban J connectivity index is 2.43. The molecule has 1 heterocycles. The lowest BCUT2D eigenvalue weighted by molar-refractivity contribution is 0.599. The van der Waals surface area contributed by atoms with Gasteiger partial charge in [0.1, 0.15) is 10.7 Å². The maximum Gasteiger partial charge on any atom is 0.264 e. The molecule has 1 aromatic heterocycles. The molecule has 8 heteroatoms. The average molecular weight is 346 g/mol. The van der Waals surface area contributed by atoms with Gasteiger partial charge in [0.15, 0.2) is 0 Å². The first-order valence-corrected chi connectivity index (χ1v) is 7.35. The van der Waals surface area contributed by atoms with Crippen LogP contribution >= 0.6 is 15.9 Å². The fourth-order valence-electron chi connectivity index (χ4n) is 1.41. The van der Waals surface area contributed by atoms with Gasteiger partial charge in [0.05, 0.1) is 22.0 Å². The minimum atomic E-state index is -3.89. The summed E-state index contributed by atoms with van der Waals surface area (Å²) >= 11 is 2.92. The summed E-state index contributed by atoms with van der Waals surface area (Å²) in [5.74, 6) is -0.627. The normalized spacial score (nSPS) is 11.3. The van der Waals surface area contributed by atoms with Crippen molar-refractivity contribution in [2.45, 2.75) is 4.90 Å². The number of sulfonamides is 1. The number of benzene rings is 1. The highest BCUT2D eigenvalue weighted by Gasteiger charge is 2.19. The molecule has 0 bridgehead atoms. The van der Waals surface area contributed by atoms with Crippen LogP contribution in [0.15, 0.2) is 46.0 Å². The van der Waals surface area contributed by atoms with E-state index in [0.29, 0.717) is 5.69 Å². The van der Waals surface area contributed by atoms with E-state index in [1.807, 2.05) is 0 Å². The van der Waals surface area contributed by atoms with Gasteiger partial charge in [-0.1, -0.05) is 0 Å². The molecule has 2 rings (SSSR count). The second kappa shape index (κ2) is 5.14. The summed E-state index contributed by atoms with van der Waals surface area (Å²) < 4.78 is 39.8. The van der Waals surface area contributed by atoms with Gasteiger partial charge in [-0.25, -0.2) is 12.8 Å². The van der Waals surface area contributed by atoms with Crippen molar-refractivity contribution in [2.75, 3.05) is 10.5 Å². The molecule has 0 aliphatic carbocycles. The Morgan fingerprint density at radius 2 is 2.11 bits per heavy atom. The van der Waals surface area contributed by atoms with Crippen LogP contribution in [-0.2, 0) is 10.0 Å². The number of nitrogen functional groups attached to an aromatic ring is 1. The zero-order valence-electron chi connectivity index (χ0n) is 9.47. The van der Waals surface area contributed by atoms with Gasteiger partial charge in [-0.15, -0.1) is 0 Å². The highest BCUT2D eigenvalue weighted by molar-refractivity contribution is 9.10. The SMILES string of the molecule is Nc1cc(F)c(Br)cc1S(=O)(=O)Nc1cccnc1. The molecular formula is C11H9BrFN3O2S. The maximum absolute atomic E-state index is 13.2. The molecule has 3 N–H and O–H groups in total. The van der Waals surface area contributed by atoms with Crippen LogP contribution in [0.1, 0.15) is 0 Å². The number of aromatic nitrogens is 1. The van der Waals surface area contributed by atoms with Crippen molar-refractivity contribution in [1.82, 2.24) is 4.98 Å². The zero-order valence-corrected chi connectivity index (χ0v) is 11.9. The number of rotatable bonds is 3. The fourth-order valence-corrected chi connectivity index (χ4v) is 3.09. The lowest BCUT2D eigenvalue weighted by atomic mass is 10.3. The van der Waals surface area contributed by atoms with E-state index >= 15 is 0 Å². The van der Waals surface area contributed by atoms with Crippen LogP contribution in [0.5, 0.6) is 0 Å². The Kier molecular flexibility index (Phi) is 3.72. The van der Waals surface area contributed by atoms with Crippen LogP contribution in [0.3, 0.4) is 0 Å². The lowest BCUT2D eigenvalue weighted by Gasteiger charge is -2.10. The van der Waals surface area contributed by atoms with E-state index in [-0.39, 0.29) is 15.1 Å². The molecule has 0 unspecified atom stereocenters. The van der Waals surface area contributed by atoms with Crippen LogP contribution in [0.4, 0.5) is 15.8 Å². The molecule has 0 fully saturated rings. The Morgan fingerprint density at radius 3 is 2.74 bits per heavy atom. The summed E-state index contributed by atoms with van der Waals surface area (Å²) in [4.78, 5) is 3.59. The summed E-state index contributed by atoms with van der Waals surface area (Å²) in [6.07, 6.45) is 2.87. The van der Waals surface area contributed by atoms with Crippen molar-refractivity contribution < 1.29 is 12.8 Å². The molecule has 0 aliphatic heterocycles. The molecule has 19 heavy (non-hydrogen) atoms. The monoisotopic (exact) mass is 345 g/mol. The molecule has 0 saturated heterocycles. The highest BCUT2D eigenvalue weighted by Crippen LogP contribution is 2.27. The smallest absolute Gasteiger partial charge is 0.264 e. The van der Waals surface area contributed by atoms with Gasteiger partial charge in [0.25, 0.3) is 10.0 Å². The zero-order chi connectivity index (χ0) is 14.0. The molecule has 0 amide bonds. The summed E-state index contributed by atoms with van der Waals surface area (Å²) in [6.45, 7) is 0. The minimum absolute atomic E-state index is 0.0215. The number of nitrogens with two attached hydrogens (primary N) is 1. The topological polar surface area (TPSA) is 85.1 Å². The Hall–Kier alpha value is -1.67. The van der Waals surface area contributed by atoms with Crippen molar-refractivity contribution in [2.24, 2.45) is 0 Å². The van der Waals surface area contributed by atoms with Crippen molar-refractivity contribution in [3.05, 3.63) is 46.9 Å². The third-order valence-corrected chi connectivity index (χ3v) is 4.30. The lowest BCUT2D eigenvalue weighted by Crippen LogP contribution is -2.15. The maximum atomic E-state index is 13.2. The number of anilines is 2. The Labute approximate surface area is 117 Å². The van der Waals surface area contributed by atoms with E-state index in [2.05, 4.69) is 25.6 Å². The molecule has 2 aromatic rings. The van der Waals surface area contributed by atoms with Gasteiger partial charge in [-0.3, -0.25) is 9.71 Å². The first-order chi connectivity index (χ1) is 8.90. The second-order valence-corrected chi connectivity index (χ2v) is 6.16. The number of pyridine rings is 1. The predicted molar refractivity (Wildman–Crippen MR) is 73.6 cm³/mol. The van der Waals surface area contributed by atoms with Crippen molar-refractivity contribution in [1.29, 1.82) is 0 Å². The summed E-state index contributed by atoms with van der Waals surface area (Å²) in [7, 11) is -3.89. The van der Waals surface area contributed by atoms with Crippen LogP contribution in [-0.4, -0.2) is 13.4 Å².